The topological polar surface area (TPSA) is 51.1 Å². The molecule has 0 atom stereocenters. The molecule has 0 bridgehead atoms. The lowest BCUT2D eigenvalue weighted by Crippen LogP contribution is -2.18. The minimum Gasteiger partial charge on any atom is -0.314 e. The van der Waals surface area contributed by atoms with Crippen LogP contribution >= 0.6 is 0 Å². The van der Waals surface area contributed by atoms with Crippen LogP contribution in [0, 0.1) is 12.7 Å². The van der Waals surface area contributed by atoms with Crippen LogP contribution in [0.1, 0.15) is 5.69 Å². The molecule has 0 amide bonds. The maximum Gasteiger partial charge on any atom is 0.240 e. The molecule has 1 heterocycles. The van der Waals surface area contributed by atoms with Gasteiger partial charge in [-0.15, -0.1) is 0 Å². The summed E-state index contributed by atoms with van der Waals surface area (Å²) in [6.07, 6.45) is 0. The molecular formula is C18H17FN2O2S. The van der Waals surface area contributed by atoms with Crippen molar-refractivity contribution in [2.75, 3.05) is 7.05 Å². The summed E-state index contributed by atoms with van der Waals surface area (Å²) in [5.41, 5.74) is 3.39. The summed E-state index contributed by atoms with van der Waals surface area (Å²) in [7, 11) is -2.09. The van der Waals surface area contributed by atoms with Crippen LogP contribution in [0.5, 0.6) is 0 Å². The van der Waals surface area contributed by atoms with E-state index in [-0.39, 0.29) is 10.7 Å². The largest absolute Gasteiger partial charge is 0.314 e. The summed E-state index contributed by atoms with van der Waals surface area (Å²) < 4.78 is 41.5. The quantitative estimate of drug-likeness (QED) is 0.787. The first-order chi connectivity index (χ1) is 11.4. The van der Waals surface area contributed by atoms with Gasteiger partial charge in [0.25, 0.3) is 0 Å². The second-order valence-corrected chi connectivity index (χ2v) is 7.29. The van der Waals surface area contributed by atoms with Gasteiger partial charge in [0.15, 0.2) is 0 Å². The second-order valence-electron chi connectivity index (χ2n) is 5.41. The molecule has 0 aliphatic carbocycles. The number of hydrogen-bond acceptors (Lipinski definition) is 2. The molecule has 1 aromatic heterocycles. The van der Waals surface area contributed by atoms with Crippen LogP contribution in [-0.4, -0.2) is 20.0 Å². The van der Waals surface area contributed by atoms with E-state index in [9.17, 15) is 12.8 Å². The molecule has 0 aliphatic heterocycles. The third-order valence-electron chi connectivity index (χ3n) is 3.87. The van der Waals surface area contributed by atoms with Crippen molar-refractivity contribution in [3.8, 4) is 16.9 Å². The molecule has 0 fully saturated rings. The predicted octanol–water partition coefficient (Wildman–Crippen LogP) is 3.50. The fraction of sp³-hybridized carbons (Fsp3) is 0.111. The van der Waals surface area contributed by atoms with Crippen molar-refractivity contribution in [1.29, 1.82) is 0 Å². The highest BCUT2D eigenvalue weighted by molar-refractivity contribution is 7.89. The standard InChI is InChI=1S/C18H17FN2O2S/c1-13-6-11-18(14-4-3-5-15(19)12-14)21(13)16-7-9-17(10-8-16)24(22,23)20-2/h3-12,20H,1-2H3. The average Bonchev–Trinajstić information content (AvgIpc) is 2.96. The Morgan fingerprint density at radius 2 is 1.71 bits per heavy atom. The zero-order valence-corrected chi connectivity index (χ0v) is 14.1. The zero-order chi connectivity index (χ0) is 17.3. The number of nitrogens with zero attached hydrogens (tertiary/aromatic N) is 1. The van der Waals surface area contributed by atoms with Gasteiger partial charge in [-0.05, 0) is 62.5 Å². The fourth-order valence-electron chi connectivity index (χ4n) is 2.65. The molecule has 3 rings (SSSR count). The highest BCUT2D eigenvalue weighted by atomic mass is 32.2. The van der Waals surface area contributed by atoms with Gasteiger partial charge in [0.05, 0.1) is 10.6 Å². The van der Waals surface area contributed by atoms with Crippen molar-refractivity contribution in [3.63, 3.8) is 0 Å². The first-order valence-electron chi connectivity index (χ1n) is 7.40. The van der Waals surface area contributed by atoms with E-state index in [1.165, 1.54) is 19.2 Å². The summed E-state index contributed by atoms with van der Waals surface area (Å²) in [6, 6.07) is 16.8. The maximum absolute atomic E-state index is 13.5. The van der Waals surface area contributed by atoms with Crippen LogP contribution in [0.3, 0.4) is 0 Å². The number of aryl methyl sites for hydroxylation is 1. The Morgan fingerprint density at radius 1 is 1.00 bits per heavy atom. The molecule has 124 valence electrons. The summed E-state index contributed by atoms with van der Waals surface area (Å²) in [5, 5.41) is 0. The number of halogens is 1. The molecule has 1 N–H and O–H groups in total. The third kappa shape index (κ3) is 2.98. The molecule has 0 saturated carbocycles. The van der Waals surface area contributed by atoms with Crippen LogP contribution in [0.25, 0.3) is 16.9 Å². The van der Waals surface area contributed by atoms with Crippen molar-refractivity contribution < 1.29 is 12.8 Å². The molecule has 0 saturated heterocycles. The Hall–Kier alpha value is -2.44. The highest BCUT2D eigenvalue weighted by Gasteiger charge is 2.13. The van der Waals surface area contributed by atoms with E-state index in [1.807, 2.05) is 29.7 Å². The van der Waals surface area contributed by atoms with Gasteiger partial charge in [0.1, 0.15) is 5.82 Å². The Bertz CT molecular complexity index is 977. The Morgan fingerprint density at radius 3 is 2.33 bits per heavy atom. The van der Waals surface area contributed by atoms with Gasteiger partial charge in [-0.1, -0.05) is 12.1 Å². The number of sulfonamides is 1. The van der Waals surface area contributed by atoms with Crippen molar-refractivity contribution in [2.45, 2.75) is 11.8 Å². The molecule has 4 nitrogen and oxygen atoms in total. The van der Waals surface area contributed by atoms with E-state index in [4.69, 9.17) is 0 Å². The van der Waals surface area contributed by atoms with Gasteiger partial charge in [0, 0.05) is 16.9 Å². The Labute approximate surface area is 140 Å². The predicted molar refractivity (Wildman–Crippen MR) is 92.1 cm³/mol. The molecule has 0 aliphatic rings. The van der Waals surface area contributed by atoms with Crippen LogP contribution in [0.15, 0.2) is 65.6 Å². The summed E-state index contributed by atoms with van der Waals surface area (Å²) in [4.78, 5) is 0.200. The number of rotatable bonds is 4. The van der Waals surface area contributed by atoms with E-state index in [1.54, 1.807) is 30.3 Å². The van der Waals surface area contributed by atoms with Gasteiger partial charge in [-0.3, -0.25) is 0 Å². The number of aromatic nitrogens is 1. The zero-order valence-electron chi connectivity index (χ0n) is 13.3. The smallest absolute Gasteiger partial charge is 0.240 e. The molecule has 0 spiro atoms. The molecule has 2 aromatic carbocycles. The normalized spacial score (nSPS) is 11.6. The molecule has 24 heavy (non-hydrogen) atoms. The Balaban J connectivity index is 2.09. The maximum atomic E-state index is 13.5. The lowest BCUT2D eigenvalue weighted by atomic mass is 10.1. The number of hydrogen-bond donors (Lipinski definition) is 1. The molecule has 6 heteroatoms. The summed E-state index contributed by atoms with van der Waals surface area (Å²) in [6.45, 7) is 1.95. The van der Waals surface area contributed by atoms with E-state index >= 15 is 0 Å². The van der Waals surface area contributed by atoms with Crippen molar-refractivity contribution >= 4 is 10.0 Å². The summed E-state index contributed by atoms with van der Waals surface area (Å²) in [5.74, 6) is -0.298. The molecular weight excluding hydrogens is 327 g/mol. The van der Waals surface area contributed by atoms with Crippen molar-refractivity contribution in [3.05, 3.63) is 72.2 Å². The molecule has 0 radical (unpaired) electrons. The first kappa shape index (κ1) is 16.4. The third-order valence-corrected chi connectivity index (χ3v) is 5.30. The average molecular weight is 344 g/mol. The minimum absolute atomic E-state index is 0.200. The van der Waals surface area contributed by atoms with Crippen LogP contribution in [-0.2, 0) is 10.0 Å². The van der Waals surface area contributed by atoms with Gasteiger partial charge < -0.3 is 4.57 Å². The van der Waals surface area contributed by atoms with E-state index in [0.29, 0.717) is 0 Å². The number of nitrogens with one attached hydrogen (secondary N) is 1. The minimum atomic E-state index is -3.47. The fourth-order valence-corrected chi connectivity index (χ4v) is 3.38. The Kier molecular flexibility index (Phi) is 4.26. The lowest BCUT2D eigenvalue weighted by Gasteiger charge is -2.13. The van der Waals surface area contributed by atoms with Crippen LogP contribution < -0.4 is 4.72 Å². The van der Waals surface area contributed by atoms with E-state index in [0.717, 1.165) is 22.6 Å². The van der Waals surface area contributed by atoms with Gasteiger partial charge in [-0.25, -0.2) is 17.5 Å². The first-order valence-corrected chi connectivity index (χ1v) is 8.89. The van der Waals surface area contributed by atoms with Crippen molar-refractivity contribution in [2.24, 2.45) is 0 Å². The second kappa shape index (κ2) is 6.22. The van der Waals surface area contributed by atoms with Gasteiger partial charge in [-0.2, -0.15) is 0 Å². The van der Waals surface area contributed by atoms with E-state index in [2.05, 4.69) is 4.72 Å². The van der Waals surface area contributed by atoms with Crippen LogP contribution in [0.2, 0.25) is 0 Å². The molecule has 3 aromatic rings. The number of benzene rings is 2. The lowest BCUT2D eigenvalue weighted by molar-refractivity contribution is 0.588. The van der Waals surface area contributed by atoms with Gasteiger partial charge in [0.2, 0.25) is 10.0 Å². The van der Waals surface area contributed by atoms with Crippen LogP contribution in [0.4, 0.5) is 4.39 Å². The monoisotopic (exact) mass is 344 g/mol. The molecule has 0 unspecified atom stereocenters. The van der Waals surface area contributed by atoms with Gasteiger partial charge >= 0.3 is 0 Å². The highest BCUT2D eigenvalue weighted by Crippen LogP contribution is 2.27. The SMILES string of the molecule is CNS(=O)(=O)c1ccc(-n2c(C)ccc2-c2cccc(F)c2)cc1. The summed E-state index contributed by atoms with van der Waals surface area (Å²) >= 11 is 0. The van der Waals surface area contributed by atoms with E-state index < -0.39 is 10.0 Å². The van der Waals surface area contributed by atoms with Crippen molar-refractivity contribution in [1.82, 2.24) is 9.29 Å².